The molecule has 0 aliphatic heterocycles. The van der Waals surface area contributed by atoms with Crippen molar-refractivity contribution in [1.82, 2.24) is 30.0 Å². The van der Waals surface area contributed by atoms with Crippen LogP contribution in [0, 0.1) is 6.92 Å². The van der Waals surface area contributed by atoms with Crippen LogP contribution in [0.1, 0.15) is 17.4 Å². The van der Waals surface area contributed by atoms with E-state index in [9.17, 15) is 0 Å². The smallest absolute Gasteiger partial charge is 0.181 e. The Morgan fingerprint density at radius 1 is 1.12 bits per heavy atom. The quantitative estimate of drug-likeness (QED) is 0.278. The van der Waals surface area contributed by atoms with Crippen LogP contribution in [0.5, 0.6) is 0 Å². The molecular weight excluding hydrogens is 440 g/mol. The molecule has 34 heavy (non-hydrogen) atoms. The molecule has 5 aromatic heterocycles. The highest BCUT2D eigenvalue weighted by atomic mass is 32.1. The second-order valence-corrected chi connectivity index (χ2v) is 9.61. The first-order valence-corrected chi connectivity index (χ1v) is 11.9. The first kappa shape index (κ1) is 21.9. The Morgan fingerprint density at radius 3 is 2.68 bits per heavy atom. The van der Waals surface area contributed by atoms with Gasteiger partial charge in [0, 0.05) is 58.9 Å². The molecule has 6 nitrogen and oxygen atoms in total. The van der Waals surface area contributed by atoms with Crippen molar-refractivity contribution in [2.24, 2.45) is 0 Å². The normalized spacial score (nSPS) is 12.6. The van der Waals surface area contributed by atoms with Crippen LogP contribution in [0.15, 0.2) is 73.2 Å². The fourth-order valence-corrected chi connectivity index (χ4v) is 4.95. The van der Waals surface area contributed by atoms with Crippen LogP contribution in [0.3, 0.4) is 0 Å². The summed E-state index contributed by atoms with van der Waals surface area (Å²) < 4.78 is 0. The van der Waals surface area contributed by atoms with E-state index in [0.29, 0.717) is 5.65 Å². The minimum Gasteiger partial charge on any atom is -0.378 e. The monoisotopic (exact) mass is 466 g/mol. The number of nitrogens with one attached hydrogen (secondary N) is 2. The lowest BCUT2D eigenvalue weighted by atomic mass is 10.0. The molecule has 5 rings (SSSR count). The third kappa shape index (κ3) is 3.84. The van der Waals surface area contributed by atoms with Crippen LogP contribution >= 0.6 is 11.3 Å². The Hall–Kier alpha value is -3.97. The van der Waals surface area contributed by atoms with Gasteiger partial charge in [-0.2, -0.15) is 5.10 Å². The lowest BCUT2D eigenvalue weighted by Gasteiger charge is -2.14. The predicted octanol–water partition coefficient (Wildman–Crippen LogP) is 6.57. The fourth-order valence-electron chi connectivity index (χ4n) is 4.07. The molecule has 0 unspecified atom stereocenters. The number of aromatic nitrogens is 5. The van der Waals surface area contributed by atoms with Gasteiger partial charge in [0.2, 0.25) is 0 Å². The van der Waals surface area contributed by atoms with Gasteiger partial charge in [-0.3, -0.25) is 10.1 Å². The Balaban J connectivity index is 1.62. The van der Waals surface area contributed by atoms with E-state index in [1.54, 1.807) is 11.3 Å². The van der Waals surface area contributed by atoms with Crippen molar-refractivity contribution in [1.29, 1.82) is 0 Å². The maximum atomic E-state index is 4.67. The van der Waals surface area contributed by atoms with Crippen LogP contribution in [-0.4, -0.2) is 44.1 Å². The largest absolute Gasteiger partial charge is 0.378 e. The zero-order valence-corrected chi connectivity index (χ0v) is 20.5. The summed E-state index contributed by atoms with van der Waals surface area (Å²) in [6, 6.07) is 10.5. The predicted molar refractivity (Wildman–Crippen MR) is 143 cm³/mol. The molecule has 0 atom stereocenters. The van der Waals surface area contributed by atoms with E-state index >= 15 is 0 Å². The highest BCUT2D eigenvalue weighted by molar-refractivity contribution is 7.15. The number of nitrogens with zero attached hydrogens (tertiary/aromatic N) is 4. The molecule has 0 saturated carbocycles. The van der Waals surface area contributed by atoms with Gasteiger partial charge in [0.25, 0.3) is 0 Å². The number of hydrogen-bond acceptors (Lipinski definition) is 5. The van der Waals surface area contributed by atoms with E-state index in [2.05, 4.69) is 75.1 Å². The Bertz CT molecular complexity index is 1580. The lowest BCUT2D eigenvalue weighted by molar-refractivity contribution is 0.530. The number of thiophene rings is 1. The number of aryl methyl sites for hydroxylation is 1. The van der Waals surface area contributed by atoms with Crippen molar-refractivity contribution in [2.75, 3.05) is 14.1 Å². The minimum absolute atomic E-state index is 0.681. The van der Waals surface area contributed by atoms with Gasteiger partial charge < -0.3 is 9.88 Å². The molecule has 2 N–H and O–H groups in total. The van der Waals surface area contributed by atoms with Crippen LogP contribution in [-0.2, 0) is 0 Å². The molecule has 5 aromatic rings. The highest BCUT2D eigenvalue weighted by Crippen LogP contribution is 2.35. The average molecular weight is 467 g/mol. The van der Waals surface area contributed by atoms with Gasteiger partial charge in [-0.1, -0.05) is 12.7 Å². The number of H-pyrrole nitrogens is 2. The van der Waals surface area contributed by atoms with Crippen molar-refractivity contribution in [3.63, 3.8) is 0 Å². The summed E-state index contributed by atoms with van der Waals surface area (Å²) in [7, 11) is 4.01. The molecule has 0 fully saturated rings. The van der Waals surface area contributed by atoms with Crippen molar-refractivity contribution in [3.8, 4) is 22.0 Å². The van der Waals surface area contributed by atoms with Crippen molar-refractivity contribution < 1.29 is 0 Å². The number of fused-ring (bicyclic) bond motifs is 2. The molecule has 0 radical (unpaired) electrons. The highest BCUT2D eigenvalue weighted by Gasteiger charge is 2.16. The van der Waals surface area contributed by atoms with E-state index in [1.165, 1.54) is 4.88 Å². The molecule has 5 heterocycles. The minimum atomic E-state index is 0.681. The summed E-state index contributed by atoms with van der Waals surface area (Å²) in [5, 5.41) is 9.69. The molecule has 7 heteroatoms. The molecule has 0 amide bonds. The molecular formula is C27H26N6S. The van der Waals surface area contributed by atoms with Crippen LogP contribution in [0.2, 0.25) is 0 Å². The summed E-state index contributed by atoms with van der Waals surface area (Å²) >= 11 is 1.75. The zero-order valence-electron chi connectivity index (χ0n) is 19.7. The van der Waals surface area contributed by atoms with Gasteiger partial charge in [0.05, 0.1) is 22.0 Å². The molecule has 0 spiro atoms. The summed E-state index contributed by atoms with van der Waals surface area (Å²) in [4.78, 5) is 17.3. The maximum absolute atomic E-state index is 4.67. The summed E-state index contributed by atoms with van der Waals surface area (Å²) in [5.74, 6) is 0. The third-order valence-electron chi connectivity index (χ3n) is 5.87. The van der Waals surface area contributed by atoms with Gasteiger partial charge in [-0.05, 0) is 61.9 Å². The second kappa shape index (κ2) is 8.76. The Labute approximate surface area is 202 Å². The van der Waals surface area contributed by atoms with Crippen molar-refractivity contribution >= 4 is 38.8 Å². The van der Waals surface area contributed by atoms with Crippen LogP contribution in [0.25, 0.3) is 49.5 Å². The summed E-state index contributed by atoms with van der Waals surface area (Å²) in [5.41, 5.74) is 7.69. The molecule has 0 aliphatic carbocycles. The van der Waals surface area contributed by atoms with Gasteiger partial charge in [-0.25, -0.2) is 4.98 Å². The standard InChI is InChI=1S/C27H26N6S/c1-6-17(12-19(7-2)33(4)5)18-13-21-25(31-32-27(21)29-15-18)23-14-20-22(30-23)10-11-28-26(20)24-9-8-16(3)34-24/h6-15,30H,2H2,1,3-5H3,(H,29,31,32)/b17-6+,19-12+. The third-order valence-corrected chi connectivity index (χ3v) is 6.88. The molecule has 0 aromatic carbocycles. The lowest BCUT2D eigenvalue weighted by Crippen LogP contribution is -2.09. The zero-order chi connectivity index (χ0) is 23.8. The number of rotatable bonds is 6. The van der Waals surface area contributed by atoms with E-state index in [4.69, 9.17) is 0 Å². The topological polar surface area (TPSA) is 73.5 Å². The molecule has 170 valence electrons. The Morgan fingerprint density at radius 2 is 1.97 bits per heavy atom. The van der Waals surface area contributed by atoms with Crippen molar-refractivity contribution in [3.05, 3.63) is 83.7 Å². The van der Waals surface area contributed by atoms with E-state index in [-0.39, 0.29) is 0 Å². The molecule has 0 bridgehead atoms. The average Bonchev–Trinajstić information content (AvgIpc) is 3.56. The van der Waals surface area contributed by atoms with Gasteiger partial charge in [0.1, 0.15) is 0 Å². The van der Waals surface area contributed by atoms with Gasteiger partial charge in [0.15, 0.2) is 5.65 Å². The number of aromatic amines is 2. The van der Waals surface area contributed by atoms with Crippen LogP contribution in [0.4, 0.5) is 0 Å². The van der Waals surface area contributed by atoms with Gasteiger partial charge in [-0.15, -0.1) is 11.3 Å². The van der Waals surface area contributed by atoms with E-state index < -0.39 is 0 Å². The Kier molecular flexibility index (Phi) is 5.63. The number of pyridine rings is 2. The fraction of sp³-hybridized carbons (Fsp3) is 0.148. The first-order chi connectivity index (χ1) is 16.5. The van der Waals surface area contributed by atoms with E-state index in [1.807, 2.05) is 50.5 Å². The number of allylic oxidation sites excluding steroid dienone is 4. The van der Waals surface area contributed by atoms with Crippen molar-refractivity contribution in [2.45, 2.75) is 13.8 Å². The maximum Gasteiger partial charge on any atom is 0.181 e. The summed E-state index contributed by atoms with van der Waals surface area (Å²) in [6.07, 6.45) is 9.76. The first-order valence-electron chi connectivity index (χ1n) is 11.1. The number of hydrogen-bond donors (Lipinski definition) is 2. The molecule has 0 saturated heterocycles. The van der Waals surface area contributed by atoms with Gasteiger partial charge >= 0.3 is 0 Å². The second-order valence-electron chi connectivity index (χ2n) is 8.32. The summed E-state index contributed by atoms with van der Waals surface area (Å²) in [6.45, 7) is 8.08. The molecule has 0 aliphatic rings. The van der Waals surface area contributed by atoms with Crippen LogP contribution < -0.4 is 0 Å². The van der Waals surface area contributed by atoms with E-state index in [0.717, 1.165) is 55.1 Å². The number of likely N-dealkylation sites (N-methyl/N-ethyl adjacent to an activating group) is 1. The SMILES string of the molecule is C=C/C(=C\C(=C/C)c1cnc2n[nH]c(-c3cc4c(-c5ccc(C)s5)nccc4[nH]3)c2c1)N(C)C.